The number of nitrogens with one attached hydrogen (secondary N) is 1. The first-order valence-corrected chi connectivity index (χ1v) is 9.64. The Kier molecular flexibility index (Phi) is 5.08. The third-order valence-electron chi connectivity index (χ3n) is 4.08. The van der Waals surface area contributed by atoms with Crippen molar-refractivity contribution in [3.8, 4) is 0 Å². The van der Waals surface area contributed by atoms with Gasteiger partial charge in [-0.15, -0.1) is 0 Å². The number of hydrogen-bond acceptors (Lipinski definition) is 6. The summed E-state index contributed by atoms with van der Waals surface area (Å²) in [6, 6.07) is 11.4. The van der Waals surface area contributed by atoms with Gasteiger partial charge in [-0.3, -0.25) is 19.9 Å². The summed E-state index contributed by atoms with van der Waals surface area (Å²) in [7, 11) is -3.85. The number of carbonyl (C=O) groups is 3. The van der Waals surface area contributed by atoms with E-state index in [4.69, 9.17) is 5.14 Å². The van der Waals surface area contributed by atoms with E-state index >= 15 is 0 Å². The van der Waals surface area contributed by atoms with Gasteiger partial charge in [0.2, 0.25) is 15.9 Å². The first-order valence-electron chi connectivity index (χ1n) is 8.10. The number of aryl methyl sites for hydroxylation is 1. The lowest BCUT2D eigenvalue weighted by Crippen LogP contribution is -2.58. The van der Waals surface area contributed by atoms with Gasteiger partial charge in [-0.05, 0) is 42.8 Å². The van der Waals surface area contributed by atoms with E-state index in [2.05, 4.69) is 10.3 Å². The van der Waals surface area contributed by atoms with E-state index in [0.29, 0.717) is 16.9 Å². The second-order valence-electron chi connectivity index (χ2n) is 6.05. The average molecular weight is 400 g/mol. The number of rotatable bonds is 4. The highest BCUT2D eigenvalue weighted by Crippen LogP contribution is 2.23. The lowest BCUT2D eigenvalue weighted by Gasteiger charge is -2.28. The summed E-state index contributed by atoms with van der Waals surface area (Å²) < 4.78 is 22.8. The van der Waals surface area contributed by atoms with Gasteiger partial charge in [0.15, 0.2) is 5.92 Å². The Morgan fingerprint density at radius 1 is 1.11 bits per heavy atom. The minimum absolute atomic E-state index is 0.0729. The van der Waals surface area contributed by atoms with Crippen LogP contribution in [0.3, 0.4) is 0 Å². The van der Waals surface area contributed by atoms with Gasteiger partial charge < -0.3 is 0 Å². The third kappa shape index (κ3) is 3.82. The summed E-state index contributed by atoms with van der Waals surface area (Å²) in [5, 5.41) is 7.21. The molecule has 4 amide bonds. The van der Waals surface area contributed by atoms with Crippen LogP contribution in [-0.4, -0.2) is 32.5 Å². The molecule has 9 nitrogen and oxygen atoms in total. The highest BCUT2D eigenvalue weighted by molar-refractivity contribution is 7.89. The maximum atomic E-state index is 12.7. The van der Waals surface area contributed by atoms with Crippen molar-refractivity contribution >= 4 is 45.5 Å². The van der Waals surface area contributed by atoms with Crippen LogP contribution in [-0.2, 0) is 19.6 Å². The quantitative estimate of drug-likeness (QED) is 0.587. The van der Waals surface area contributed by atoms with Gasteiger partial charge in [0.1, 0.15) is 0 Å². The Labute approximate surface area is 160 Å². The van der Waals surface area contributed by atoms with Crippen LogP contribution in [0.15, 0.2) is 58.4 Å². The number of sulfonamides is 1. The number of primary sulfonamides is 1. The van der Waals surface area contributed by atoms with Crippen molar-refractivity contribution in [2.45, 2.75) is 11.8 Å². The molecular weight excluding hydrogens is 384 g/mol. The summed E-state index contributed by atoms with van der Waals surface area (Å²) in [6.45, 7) is 1.61. The Hall–Kier alpha value is -3.37. The molecule has 1 fully saturated rings. The molecule has 3 rings (SSSR count). The average Bonchev–Trinajstić information content (AvgIpc) is 2.62. The number of aliphatic imine (C=N–C) groups is 1. The monoisotopic (exact) mass is 400 g/mol. The summed E-state index contributed by atoms with van der Waals surface area (Å²) in [5.41, 5.74) is 1.17. The minimum Gasteiger partial charge on any atom is -0.276 e. The van der Waals surface area contributed by atoms with Crippen LogP contribution in [0.4, 0.5) is 16.2 Å². The molecular formula is C18H16N4O5S. The van der Waals surface area contributed by atoms with Crippen molar-refractivity contribution in [3.63, 3.8) is 0 Å². The number of nitrogens with zero attached hydrogens (tertiary/aromatic N) is 2. The number of benzene rings is 2. The molecule has 3 N–H and O–H groups in total. The van der Waals surface area contributed by atoms with Crippen molar-refractivity contribution in [3.05, 3.63) is 54.1 Å². The zero-order chi connectivity index (χ0) is 20.5. The van der Waals surface area contributed by atoms with Crippen molar-refractivity contribution in [2.24, 2.45) is 16.0 Å². The van der Waals surface area contributed by atoms with Gasteiger partial charge in [0, 0.05) is 6.21 Å². The molecule has 144 valence electrons. The van der Waals surface area contributed by atoms with E-state index < -0.39 is 33.8 Å². The molecule has 1 unspecified atom stereocenters. The fourth-order valence-corrected chi connectivity index (χ4v) is 3.25. The van der Waals surface area contributed by atoms with E-state index in [1.165, 1.54) is 18.2 Å². The van der Waals surface area contributed by atoms with Gasteiger partial charge in [-0.2, -0.15) is 0 Å². The number of para-hydroxylation sites is 1. The fourth-order valence-electron chi connectivity index (χ4n) is 2.65. The lowest BCUT2D eigenvalue weighted by atomic mass is 10.1. The van der Waals surface area contributed by atoms with Gasteiger partial charge in [0.05, 0.1) is 16.3 Å². The summed E-state index contributed by atoms with van der Waals surface area (Å²) in [6.07, 6.45) is 1.12. The number of anilines is 1. The van der Waals surface area contributed by atoms with E-state index in [-0.39, 0.29) is 4.90 Å². The number of amides is 4. The summed E-state index contributed by atoms with van der Waals surface area (Å²) in [5.74, 6) is -2.83. The van der Waals surface area contributed by atoms with Crippen LogP contribution in [0.1, 0.15) is 5.56 Å². The first-order chi connectivity index (χ1) is 13.2. The minimum atomic E-state index is -3.85. The number of urea groups is 1. The number of nitrogens with two attached hydrogens (primary N) is 1. The number of barbiturate groups is 1. The lowest BCUT2D eigenvalue weighted by molar-refractivity contribution is -0.131. The number of imide groups is 2. The van der Waals surface area contributed by atoms with Gasteiger partial charge in [-0.1, -0.05) is 18.2 Å². The molecule has 10 heteroatoms. The van der Waals surface area contributed by atoms with Crippen LogP contribution in [0.2, 0.25) is 0 Å². The Bertz CT molecular complexity index is 1100. The highest BCUT2D eigenvalue weighted by atomic mass is 32.2. The van der Waals surface area contributed by atoms with Crippen molar-refractivity contribution in [2.75, 3.05) is 4.90 Å². The standard InChI is InChI=1S/C18H16N4O5S/c1-11-9-13(28(19,26)27)7-8-15(11)20-10-14-16(23)21-18(25)22(17(14)24)12-5-3-2-4-6-12/h2-10,14H,1H3,(H2,19,26,27)(H,21,23,25). The van der Waals surface area contributed by atoms with Gasteiger partial charge in [-0.25, -0.2) is 23.3 Å². The summed E-state index contributed by atoms with van der Waals surface area (Å²) in [4.78, 5) is 41.8. The predicted molar refractivity (Wildman–Crippen MR) is 102 cm³/mol. The molecule has 1 saturated heterocycles. The van der Waals surface area contributed by atoms with E-state index in [0.717, 1.165) is 11.1 Å². The van der Waals surface area contributed by atoms with Crippen LogP contribution in [0.5, 0.6) is 0 Å². The largest absolute Gasteiger partial charge is 0.335 e. The van der Waals surface area contributed by atoms with E-state index in [1.54, 1.807) is 37.3 Å². The second kappa shape index (κ2) is 7.33. The molecule has 2 aromatic carbocycles. The van der Waals surface area contributed by atoms with Crippen molar-refractivity contribution in [1.82, 2.24) is 5.32 Å². The zero-order valence-electron chi connectivity index (χ0n) is 14.7. The van der Waals surface area contributed by atoms with Crippen LogP contribution >= 0.6 is 0 Å². The maximum Gasteiger partial charge on any atom is 0.335 e. The molecule has 1 atom stereocenters. The molecule has 0 spiro atoms. The molecule has 0 aliphatic carbocycles. The van der Waals surface area contributed by atoms with Crippen LogP contribution in [0, 0.1) is 12.8 Å². The Balaban J connectivity index is 1.90. The second-order valence-corrected chi connectivity index (χ2v) is 7.61. The molecule has 1 heterocycles. The smallest absolute Gasteiger partial charge is 0.276 e. The van der Waals surface area contributed by atoms with Gasteiger partial charge >= 0.3 is 6.03 Å². The Morgan fingerprint density at radius 3 is 2.39 bits per heavy atom. The number of carbonyl (C=O) groups excluding carboxylic acids is 3. The maximum absolute atomic E-state index is 12.7. The molecule has 1 aliphatic heterocycles. The fraction of sp³-hybridized carbons (Fsp3) is 0.111. The van der Waals surface area contributed by atoms with Crippen LogP contribution in [0.25, 0.3) is 0 Å². The van der Waals surface area contributed by atoms with Crippen molar-refractivity contribution in [1.29, 1.82) is 0 Å². The zero-order valence-corrected chi connectivity index (χ0v) is 15.5. The Morgan fingerprint density at radius 2 is 1.79 bits per heavy atom. The molecule has 0 radical (unpaired) electrons. The van der Waals surface area contributed by atoms with Crippen molar-refractivity contribution < 1.29 is 22.8 Å². The van der Waals surface area contributed by atoms with Crippen LogP contribution < -0.4 is 15.4 Å². The third-order valence-corrected chi connectivity index (χ3v) is 4.99. The van der Waals surface area contributed by atoms with E-state index in [9.17, 15) is 22.8 Å². The normalized spacial score (nSPS) is 17.9. The molecule has 2 aromatic rings. The highest BCUT2D eigenvalue weighted by Gasteiger charge is 2.40. The van der Waals surface area contributed by atoms with E-state index in [1.807, 2.05) is 0 Å². The molecule has 0 aromatic heterocycles. The molecule has 0 saturated carbocycles. The number of hydrogen-bond donors (Lipinski definition) is 2. The summed E-state index contributed by atoms with van der Waals surface area (Å²) >= 11 is 0. The topological polar surface area (TPSA) is 139 Å². The predicted octanol–water partition coefficient (Wildman–Crippen LogP) is 1.24. The molecule has 28 heavy (non-hydrogen) atoms. The molecule has 0 bridgehead atoms. The van der Waals surface area contributed by atoms with Gasteiger partial charge in [0.25, 0.3) is 5.91 Å². The SMILES string of the molecule is Cc1cc(S(N)(=O)=O)ccc1N=CC1C(=O)NC(=O)N(c2ccccc2)C1=O. The first kappa shape index (κ1) is 19.4. The molecule has 1 aliphatic rings.